The lowest BCUT2D eigenvalue weighted by Gasteiger charge is -2.08. The zero-order valence-electron chi connectivity index (χ0n) is 17.1. The molecule has 0 unspecified atom stereocenters. The zero-order valence-corrected chi connectivity index (χ0v) is 18.0. The predicted octanol–water partition coefficient (Wildman–Crippen LogP) is 5.46. The fraction of sp³-hybridized carbons (Fsp3) is 1.00. The van der Waals surface area contributed by atoms with E-state index < -0.39 is 10.4 Å². The Morgan fingerprint density at radius 2 is 1.12 bits per heavy atom. The maximum atomic E-state index is 10.1. The summed E-state index contributed by atoms with van der Waals surface area (Å²) in [7, 11) is 0.0643. The Hall–Kier alpha value is -0.170. The van der Waals surface area contributed by atoms with Gasteiger partial charge in [0.15, 0.2) is 0 Å². The molecular formula is C19H43NO4S. The van der Waals surface area contributed by atoms with Gasteiger partial charge < -0.3 is 4.90 Å². The summed E-state index contributed by atoms with van der Waals surface area (Å²) in [6.45, 7) is 5.78. The first kappa shape index (κ1) is 27.1. The average molecular weight is 382 g/mol. The van der Waals surface area contributed by atoms with E-state index in [2.05, 4.69) is 37.0 Å². The number of nitrogens with zero attached hydrogens (tertiary/aromatic N) is 1. The lowest BCUT2D eigenvalue weighted by atomic mass is 10.1. The van der Waals surface area contributed by atoms with E-state index in [4.69, 9.17) is 4.55 Å². The lowest BCUT2D eigenvalue weighted by molar-refractivity contribution is 0.261. The topological polar surface area (TPSA) is 66.8 Å². The summed E-state index contributed by atoms with van der Waals surface area (Å²) in [4.78, 5) is 2.26. The first-order chi connectivity index (χ1) is 11.8. The Balaban J connectivity index is 0. The van der Waals surface area contributed by atoms with Crippen molar-refractivity contribution in [2.45, 2.75) is 97.3 Å². The van der Waals surface area contributed by atoms with Crippen molar-refractivity contribution in [2.75, 3.05) is 27.2 Å². The second-order valence-corrected chi connectivity index (χ2v) is 8.03. The summed E-state index contributed by atoms with van der Waals surface area (Å²) in [6.07, 6.45) is 16.1. The van der Waals surface area contributed by atoms with Gasteiger partial charge in [-0.3, -0.25) is 4.55 Å². The van der Waals surface area contributed by atoms with Gasteiger partial charge >= 0.3 is 10.4 Å². The van der Waals surface area contributed by atoms with E-state index >= 15 is 0 Å². The van der Waals surface area contributed by atoms with Gasteiger partial charge in [-0.05, 0) is 33.5 Å². The summed E-state index contributed by atoms with van der Waals surface area (Å²) in [5.74, 6) is 0. The molecule has 0 aliphatic rings. The van der Waals surface area contributed by atoms with Crippen molar-refractivity contribution in [3.63, 3.8) is 0 Å². The molecule has 0 aromatic rings. The van der Waals surface area contributed by atoms with Crippen LogP contribution in [0.3, 0.4) is 0 Å². The normalized spacial score (nSPS) is 11.4. The largest absolute Gasteiger partial charge is 0.397 e. The average Bonchev–Trinajstić information content (AvgIpc) is 2.53. The Kier molecular flexibility index (Phi) is 21.8. The lowest BCUT2D eigenvalue weighted by Crippen LogP contribution is -2.12. The van der Waals surface area contributed by atoms with Gasteiger partial charge in [0.1, 0.15) is 0 Å². The molecule has 5 nitrogen and oxygen atoms in total. The number of hydrogen-bond acceptors (Lipinski definition) is 4. The minimum Gasteiger partial charge on any atom is -0.309 e. The minimum atomic E-state index is -4.23. The third-order valence-corrected chi connectivity index (χ3v) is 4.40. The number of unbranched alkanes of at least 4 members (excludes halogenated alkanes) is 11. The second-order valence-electron chi connectivity index (χ2n) is 6.94. The quantitative estimate of drug-likeness (QED) is 0.284. The van der Waals surface area contributed by atoms with E-state index in [9.17, 15) is 8.42 Å². The van der Waals surface area contributed by atoms with Gasteiger partial charge in [-0.15, -0.1) is 0 Å². The third kappa shape index (κ3) is 32.0. The highest BCUT2D eigenvalue weighted by atomic mass is 32.3. The van der Waals surface area contributed by atoms with Crippen LogP contribution >= 0.6 is 0 Å². The zero-order chi connectivity index (χ0) is 19.4. The summed E-state index contributed by atoms with van der Waals surface area (Å²) in [5, 5.41) is 0. The third-order valence-electron chi connectivity index (χ3n) is 3.94. The molecule has 0 radical (unpaired) electrons. The van der Waals surface area contributed by atoms with E-state index in [1.54, 1.807) is 0 Å². The summed E-state index contributed by atoms with van der Waals surface area (Å²) >= 11 is 0. The van der Waals surface area contributed by atoms with Gasteiger partial charge in [0.2, 0.25) is 0 Å². The molecule has 0 heterocycles. The first-order valence-corrected chi connectivity index (χ1v) is 11.5. The minimum absolute atomic E-state index is 0.0899. The molecule has 0 bridgehead atoms. The van der Waals surface area contributed by atoms with Crippen LogP contribution in [0.5, 0.6) is 0 Å². The molecule has 0 spiro atoms. The maximum absolute atomic E-state index is 10.1. The molecule has 0 aromatic heterocycles. The highest BCUT2D eigenvalue weighted by Gasteiger charge is 2.02. The van der Waals surface area contributed by atoms with E-state index in [0.29, 0.717) is 6.42 Å². The molecule has 0 saturated heterocycles. The monoisotopic (exact) mass is 381 g/mol. The van der Waals surface area contributed by atoms with Crippen molar-refractivity contribution in [1.82, 2.24) is 4.90 Å². The summed E-state index contributed by atoms with van der Waals surface area (Å²) in [6, 6.07) is 0. The van der Waals surface area contributed by atoms with E-state index in [1.807, 2.05) is 0 Å². The Labute approximate surface area is 157 Å². The summed E-state index contributed by atoms with van der Waals surface area (Å²) in [5.41, 5.74) is 0. The van der Waals surface area contributed by atoms with Crippen molar-refractivity contribution in [3.8, 4) is 0 Å². The Morgan fingerprint density at radius 3 is 1.52 bits per heavy atom. The van der Waals surface area contributed by atoms with Gasteiger partial charge in [0, 0.05) is 0 Å². The van der Waals surface area contributed by atoms with Crippen molar-refractivity contribution >= 4 is 10.4 Å². The molecule has 1 N–H and O–H groups in total. The molecular weight excluding hydrogens is 338 g/mol. The fourth-order valence-corrected chi connectivity index (χ4v) is 2.76. The van der Waals surface area contributed by atoms with Crippen molar-refractivity contribution < 1.29 is 17.2 Å². The van der Waals surface area contributed by atoms with Crippen LogP contribution < -0.4 is 0 Å². The number of rotatable bonds is 16. The van der Waals surface area contributed by atoms with Gasteiger partial charge in [0.05, 0.1) is 6.61 Å². The smallest absolute Gasteiger partial charge is 0.309 e. The Morgan fingerprint density at radius 1 is 0.720 bits per heavy atom. The first-order valence-electron chi connectivity index (χ1n) is 10.1. The van der Waals surface area contributed by atoms with Crippen LogP contribution in [0.25, 0.3) is 0 Å². The molecule has 0 aliphatic carbocycles. The molecule has 0 aromatic carbocycles. The Bertz CT molecular complexity index is 345. The second kappa shape index (κ2) is 20.1. The fourth-order valence-electron chi connectivity index (χ4n) is 2.43. The van der Waals surface area contributed by atoms with Crippen molar-refractivity contribution in [1.29, 1.82) is 0 Å². The molecule has 0 saturated carbocycles. The molecule has 0 fully saturated rings. The maximum Gasteiger partial charge on any atom is 0.397 e. The van der Waals surface area contributed by atoms with Crippen LogP contribution in [0.15, 0.2) is 0 Å². The van der Waals surface area contributed by atoms with Crippen LogP contribution in [-0.2, 0) is 14.6 Å². The molecule has 0 rings (SSSR count). The van der Waals surface area contributed by atoms with Crippen molar-refractivity contribution in [3.05, 3.63) is 0 Å². The van der Waals surface area contributed by atoms with Gasteiger partial charge in [0.25, 0.3) is 0 Å². The van der Waals surface area contributed by atoms with Crippen LogP contribution in [0.4, 0.5) is 0 Å². The molecule has 0 amide bonds. The summed E-state index contributed by atoms with van der Waals surface area (Å²) < 4.78 is 32.7. The van der Waals surface area contributed by atoms with E-state index in [-0.39, 0.29) is 6.61 Å². The SMILES string of the molecule is CCCCCCCCCOS(=O)(=O)O.CCCCCCCCN(C)C. The van der Waals surface area contributed by atoms with E-state index in [0.717, 1.165) is 12.8 Å². The van der Waals surface area contributed by atoms with Gasteiger partial charge in [-0.1, -0.05) is 84.5 Å². The van der Waals surface area contributed by atoms with Gasteiger partial charge in [-0.2, -0.15) is 8.42 Å². The van der Waals surface area contributed by atoms with E-state index in [1.165, 1.54) is 70.8 Å². The van der Waals surface area contributed by atoms with Crippen LogP contribution in [0, 0.1) is 0 Å². The molecule has 154 valence electrons. The van der Waals surface area contributed by atoms with Crippen LogP contribution in [0.2, 0.25) is 0 Å². The molecule has 0 atom stereocenters. The standard InChI is InChI=1S/C10H23N.C9H20O4S/c1-4-5-6-7-8-9-10-11(2)3;1-2-3-4-5-6-7-8-9-13-14(10,11)12/h4-10H2,1-3H3;2-9H2,1H3,(H,10,11,12). The molecule has 25 heavy (non-hydrogen) atoms. The molecule has 0 aliphatic heterocycles. The van der Waals surface area contributed by atoms with Crippen LogP contribution in [0.1, 0.15) is 97.3 Å². The van der Waals surface area contributed by atoms with Crippen LogP contribution in [-0.4, -0.2) is 45.1 Å². The highest BCUT2D eigenvalue weighted by Crippen LogP contribution is 2.07. The van der Waals surface area contributed by atoms with Gasteiger partial charge in [-0.25, -0.2) is 4.18 Å². The predicted molar refractivity (Wildman–Crippen MR) is 107 cm³/mol. The number of hydrogen-bond donors (Lipinski definition) is 1. The highest BCUT2D eigenvalue weighted by molar-refractivity contribution is 7.80. The molecule has 6 heteroatoms. The van der Waals surface area contributed by atoms with Crippen molar-refractivity contribution in [2.24, 2.45) is 0 Å².